The van der Waals surface area contributed by atoms with Gasteiger partial charge in [-0.25, -0.2) is 0 Å². The Bertz CT molecular complexity index is 1180. The molecule has 0 N–H and O–H groups in total. The summed E-state index contributed by atoms with van der Waals surface area (Å²) in [4.78, 5) is 6.74. The van der Waals surface area contributed by atoms with Crippen LogP contribution in [0.4, 0.5) is 0 Å². The fraction of sp³-hybridized carbons (Fsp3) is 0.100. The first-order chi connectivity index (χ1) is 14.4. The second-order valence-corrected chi connectivity index (χ2v) is 9.03. The minimum atomic E-state index is 0.530. The number of hydrogen-bond donors (Lipinski definition) is 0. The number of hydrogen-bond acceptors (Lipinski definition) is 8. The van der Waals surface area contributed by atoms with Crippen molar-refractivity contribution in [1.29, 1.82) is 0 Å². The molecule has 5 aromatic rings. The topological polar surface area (TPSA) is 69.6 Å². The minimum Gasteiger partial charge on any atom is -0.338 e. The van der Waals surface area contributed by atoms with Gasteiger partial charge < -0.3 is 4.52 Å². The average molecular weight is 438 g/mol. The maximum atomic E-state index is 5.42. The first kappa shape index (κ1) is 18.3. The third-order valence-corrected chi connectivity index (χ3v) is 6.82. The molecule has 0 radical (unpaired) electrons. The Morgan fingerprint density at radius 1 is 0.931 bits per heavy atom. The molecule has 9 heteroatoms. The number of thioether (sulfide) groups is 1. The predicted octanol–water partition coefficient (Wildman–Crippen LogP) is 5.32. The van der Waals surface area contributed by atoms with Gasteiger partial charge in [0, 0.05) is 17.0 Å². The highest BCUT2D eigenvalue weighted by molar-refractivity contribution is 7.98. The summed E-state index contributed by atoms with van der Waals surface area (Å²) < 4.78 is 7.51. The zero-order chi connectivity index (χ0) is 19.5. The molecule has 6 nitrogen and oxygen atoms in total. The SMILES string of the molecule is c1ccc(-n2c(Cc3cccs3)nnc2SCc2nc(-c3cccs3)no2)cc1. The van der Waals surface area contributed by atoms with Crippen molar-refractivity contribution in [2.24, 2.45) is 0 Å². The molecule has 5 rings (SSSR count). The molecule has 0 aliphatic heterocycles. The van der Waals surface area contributed by atoms with Gasteiger partial charge in [0.15, 0.2) is 5.16 Å². The van der Waals surface area contributed by atoms with E-state index in [4.69, 9.17) is 4.52 Å². The van der Waals surface area contributed by atoms with E-state index in [0.717, 1.165) is 28.0 Å². The van der Waals surface area contributed by atoms with Crippen LogP contribution in [0.3, 0.4) is 0 Å². The summed E-state index contributed by atoms with van der Waals surface area (Å²) in [5.41, 5.74) is 1.04. The first-order valence-corrected chi connectivity index (χ1v) is 11.6. The normalized spacial score (nSPS) is 11.2. The zero-order valence-electron chi connectivity index (χ0n) is 15.1. The molecule has 144 valence electrons. The van der Waals surface area contributed by atoms with Crippen LogP contribution >= 0.6 is 34.4 Å². The minimum absolute atomic E-state index is 0.530. The molecule has 4 heterocycles. The van der Waals surface area contributed by atoms with E-state index in [1.165, 1.54) is 16.6 Å². The van der Waals surface area contributed by atoms with Crippen LogP contribution in [0.2, 0.25) is 0 Å². The molecule has 0 saturated heterocycles. The van der Waals surface area contributed by atoms with E-state index < -0.39 is 0 Å². The molecule has 1 aromatic carbocycles. The van der Waals surface area contributed by atoms with E-state index in [1.54, 1.807) is 22.7 Å². The van der Waals surface area contributed by atoms with E-state index in [2.05, 4.69) is 54.6 Å². The smallest absolute Gasteiger partial charge is 0.237 e. The molecule has 0 saturated carbocycles. The van der Waals surface area contributed by atoms with Gasteiger partial charge in [-0.1, -0.05) is 47.3 Å². The lowest BCUT2D eigenvalue weighted by Crippen LogP contribution is -2.03. The Kier molecular flexibility index (Phi) is 5.25. The summed E-state index contributed by atoms with van der Waals surface area (Å²) in [5, 5.41) is 17.9. The molecular weight excluding hydrogens is 422 g/mol. The predicted molar refractivity (Wildman–Crippen MR) is 116 cm³/mol. The Morgan fingerprint density at radius 3 is 2.59 bits per heavy atom. The van der Waals surface area contributed by atoms with Crippen LogP contribution in [-0.2, 0) is 12.2 Å². The fourth-order valence-corrected chi connectivity index (χ4v) is 5.02. The Balaban J connectivity index is 1.40. The monoisotopic (exact) mass is 437 g/mol. The highest BCUT2D eigenvalue weighted by atomic mass is 32.2. The maximum absolute atomic E-state index is 5.42. The van der Waals surface area contributed by atoms with Gasteiger partial charge in [-0.05, 0) is 35.0 Å². The third kappa shape index (κ3) is 4.02. The number of para-hydroxylation sites is 1. The Morgan fingerprint density at radius 2 is 1.79 bits per heavy atom. The van der Waals surface area contributed by atoms with Crippen LogP contribution in [0, 0.1) is 0 Å². The van der Waals surface area contributed by atoms with Gasteiger partial charge in [-0.2, -0.15) is 4.98 Å². The van der Waals surface area contributed by atoms with Crippen LogP contribution in [-0.4, -0.2) is 24.9 Å². The van der Waals surface area contributed by atoms with E-state index in [9.17, 15) is 0 Å². The largest absolute Gasteiger partial charge is 0.338 e. The van der Waals surface area contributed by atoms with E-state index in [1.807, 2.05) is 35.7 Å². The summed E-state index contributed by atoms with van der Waals surface area (Å²) in [7, 11) is 0. The highest BCUT2D eigenvalue weighted by Gasteiger charge is 2.17. The Labute approximate surface area is 179 Å². The second kappa shape index (κ2) is 8.32. The van der Waals surface area contributed by atoms with E-state index in [0.29, 0.717) is 17.5 Å². The third-order valence-electron chi connectivity index (χ3n) is 4.16. The second-order valence-electron chi connectivity index (χ2n) is 6.10. The fourth-order valence-electron chi connectivity index (χ4n) is 2.86. The van der Waals surface area contributed by atoms with Gasteiger partial charge in [0.2, 0.25) is 11.7 Å². The zero-order valence-corrected chi connectivity index (χ0v) is 17.6. The van der Waals surface area contributed by atoms with Crippen LogP contribution in [0.1, 0.15) is 16.6 Å². The molecule has 29 heavy (non-hydrogen) atoms. The molecular formula is C20H15N5OS3. The number of nitrogens with zero attached hydrogens (tertiary/aromatic N) is 5. The highest BCUT2D eigenvalue weighted by Crippen LogP contribution is 2.28. The van der Waals surface area contributed by atoms with Crippen LogP contribution in [0.15, 0.2) is 75.0 Å². The molecule has 4 aromatic heterocycles. The van der Waals surface area contributed by atoms with Crippen molar-refractivity contribution in [3.05, 3.63) is 81.9 Å². The molecule has 0 atom stereocenters. The van der Waals surface area contributed by atoms with Gasteiger partial charge in [-0.3, -0.25) is 4.57 Å². The van der Waals surface area contributed by atoms with Crippen LogP contribution in [0.25, 0.3) is 16.4 Å². The van der Waals surface area contributed by atoms with Crippen molar-refractivity contribution >= 4 is 34.4 Å². The van der Waals surface area contributed by atoms with E-state index in [-0.39, 0.29) is 0 Å². The summed E-state index contributed by atoms with van der Waals surface area (Å²) in [6.45, 7) is 0. The van der Waals surface area contributed by atoms with Crippen molar-refractivity contribution in [1.82, 2.24) is 24.9 Å². The lowest BCUT2D eigenvalue weighted by Gasteiger charge is -2.09. The summed E-state index contributed by atoms with van der Waals surface area (Å²) in [6.07, 6.45) is 0.739. The molecule has 0 aliphatic carbocycles. The first-order valence-electron chi connectivity index (χ1n) is 8.88. The number of rotatable bonds is 7. The molecule has 0 aliphatic rings. The van der Waals surface area contributed by atoms with Crippen molar-refractivity contribution < 1.29 is 4.52 Å². The van der Waals surface area contributed by atoms with Gasteiger partial charge in [0.25, 0.3) is 0 Å². The molecule has 0 amide bonds. The van der Waals surface area contributed by atoms with E-state index >= 15 is 0 Å². The van der Waals surface area contributed by atoms with Crippen molar-refractivity contribution in [3.63, 3.8) is 0 Å². The van der Waals surface area contributed by atoms with Gasteiger partial charge in [0.1, 0.15) is 5.82 Å². The summed E-state index contributed by atoms with van der Waals surface area (Å²) >= 11 is 4.85. The van der Waals surface area contributed by atoms with Crippen molar-refractivity contribution in [2.45, 2.75) is 17.3 Å². The average Bonchev–Trinajstić information content (AvgIpc) is 3.54. The van der Waals surface area contributed by atoms with Crippen LogP contribution in [0.5, 0.6) is 0 Å². The quantitative estimate of drug-likeness (QED) is 0.321. The lowest BCUT2D eigenvalue weighted by molar-refractivity contribution is 0.391. The maximum Gasteiger partial charge on any atom is 0.237 e. The van der Waals surface area contributed by atoms with Crippen LogP contribution < -0.4 is 0 Å². The van der Waals surface area contributed by atoms with Crippen molar-refractivity contribution in [3.8, 4) is 16.4 Å². The van der Waals surface area contributed by atoms with Gasteiger partial charge in [0.05, 0.1) is 10.6 Å². The van der Waals surface area contributed by atoms with Crippen molar-refractivity contribution in [2.75, 3.05) is 0 Å². The summed E-state index contributed by atoms with van der Waals surface area (Å²) in [6, 6.07) is 18.3. The number of thiophene rings is 2. The summed E-state index contributed by atoms with van der Waals surface area (Å²) in [5.74, 6) is 2.63. The van der Waals surface area contributed by atoms with Gasteiger partial charge >= 0.3 is 0 Å². The number of benzene rings is 1. The lowest BCUT2D eigenvalue weighted by atomic mass is 10.3. The standard InChI is InChI=1S/C20H15N5OS3/c1-2-6-14(7-3-1)25-17(12-15-8-4-10-27-15)22-23-20(25)29-13-18-21-19(24-26-18)16-9-5-11-28-16/h1-11H,12-13H2. The van der Waals surface area contributed by atoms with Gasteiger partial charge in [-0.15, -0.1) is 32.9 Å². The molecule has 0 unspecified atom stereocenters. The molecule has 0 spiro atoms. The Hall–Kier alpha value is -2.75. The molecule has 0 fully saturated rings. The number of aromatic nitrogens is 5. The molecule has 0 bridgehead atoms.